The minimum atomic E-state index is -3.87. The Hall–Kier alpha value is -4.01. The fourth-order valence-corrected chi connectivity index (χ4v) is 5.37. The lowest BCUT2D eigenvalue weighted by Crippen LogP contribution is -2.46. The predicted molar refractivity (Wildman–Crippen MR) is 155 cm³/mol. The molecule has 0 unspecified atom stereocenters. The van der Waals surface area contributed by atoms with Gasteiger partial charge >= 0.3 is 0 Å². The highest BCUT2D eigenvalue weighted by molar-refractivity contribution is 7.89. The first-order chi connectivity index (χ1) is 18.7. The lowest BCUT2D eigenvalue weighted by atomic mass is 10.0. The van der Waals surface area contributed by atoms with E-state index in [0.717, 1.165) is 27.5 Å². The fourth-order valence-electron chi connectivity index (χ4n) is 4.17. The lowest BCUT2D eigenvalue weighted by molar-refractivity contribution is -0.123. The number of hydrazone groups is 1. The Morgan fingerprint density at radius 1 is 0.949 bits per heavy atom. The van der Waals surface area contributed by atoms with Crippen LogP contribution in [0.2, 0.25) is 0 Å². The number of nitrogens with zero attached hydrogens (tertiary/aromatic N) is 1. The summed E-state index contributed by atoms with van der Waals surface area (Å²) in [6.45, 7) is 6.14. The highest BCUT2D eigenvalue weighted by atomic mass is 32.2. The average molecular weight is 544 g/mol. The second-order valence-electron chi connectivity index (χ2n) is 9.85. The zero-order valence-electron chi connectivity index (χ0n) is 22.3. The van der Waals surface area contributed by atoms with Gasteiger partial charge in [-0.2, -0.15) is 9.82 Å². The number of benzene rings is 4. The molecule has 0 aliphatic rings. The third-order valence-electron chi connectivity index (χ3n) is 6.17. The standard InChI is InChI=1S/C31H33N3O4S/c1-22(2)18-30(34-39(36,37)28-16-14-23(3)15-17-28)31(35)33-32-20-24-8-6-12-27(19-24)38-21-26-11-7-10-25-9-4-5-13-29(25)26/h4-17,19-20,22,30,34H,18,21H2,1-3H3,(H,33,35)/b32-20-/t30-/m0/s1. The minimum absolute atomic E-state index is 0.0843. The number of carbonyl (C=O) groups excluding carboxylic acids is 1. The van der Waals surface area contributed by atoms with Crippen LogP contribution >= 0.6 is 0 Å². The van der Waals surface area contributed by atoms with E-state index in [1.165, 1.54) is 18.3 Å². The van der Waals surface area contributed by atoms with Crippen molar-refractivity contribution in [1.29, 1.82) is 0 Å². The SMILES string of the molecule is Cc1ccc(S(=O)(=O)N[C@@H](CC(C)C)C(=O)N/N=C\c2cccc(OCc3cccc4ccccc34)c2)cc1. The summed E-state index contributed by atoms with van der Waals surface area (Å²) < 4.78 is 34.3. The Kier molecular flexibility index (Phi) is 9.11. The highest BCUT2D eigenvalue weighted by Crippen LogP contribution is 2.21. The Morgan fingerprint density at radius 3 is 2.44 bits per heavy atom. The van der Waals surface area contributed by atoms with Crippen LogP contribution in [0.15, 0.2) is 101 Å². The van der Waals surface area contributed by atoms with Crippen LogP contribution in [0.1, 0.15) is 37.0 Å². The third-order valence-corrected chi connectivity index (χ3v) is 7.66. The number of amides is 1. The molecule has 0 heterocycles. The fraction of sp³-hybridized carbons (Fsp3) is 0.226. The van der Waals surface area contributed by atoms with Gasteiger partial charge in [0, 0.05) is 0 Å². The Bertz CT molecular complexity index is 1560. The molecular formula is C31H33N3O4S. The maximum absolute atomic E-state index is 12.9. The molecular weight excluding hydrogens is 510 g/mol. The van der Waals surface area contributed by atoms with Crippen molar-refractivity contribution in [1.82, 2.24) is 10.1 Å². The molecule has 0 fully saturated rings. The van der Waals surface area contributed by atoms with E-state index in [1.54, 1.807) is 12.1 Å². The van der Waals surface area contributed by atoms with Crippen LogP contribution in [0, 0.1) is 12.8 Å². The van der Waals surface area contributed by atoms with E-state index >= 15 is 0 Å². The van der Waals surface area contributed by atoms with Crippen LogP contribution in [0.25, 0.3) is 10.8 Å². The van der Waals surface area contributed by atoms with Crippen molar-refractivity contribution in [2.24, 2.45) is 11.0 Å². The molecule has 1 amide bonds. The Balaban J connectivity index is 1.39. The number of fused-ring (bicyclic) bond motifs is 1. The summed E-state index contributed by atoms with van der Waals surface area (Å²) in [7, 11) is -3.87. The molecule has 0 radical (unpaired) electrons. The van der Waals surface area contributed by atoms with Crippen molar-refractivity contribution in [2.75, 3.05) is 0 Å². The quantitative estimate of drug-likeness (QED) is 0.191. The molecule has 0 aliphatic carbocycles. The van der Waals surface area contributed by atoms with Crippen molar-refractivity contribution < 1.29 is 17.9 Å². The molecule has 0 saturated heterocycles. The summed E-state index contributed by atoms with van der Waals surface area (Å²) in [5.41, 5.74) is 5.24. The smallest absolute Gasteiger partial charge is 0.258 e. The lowest BCUT2D eigenvalue weighted by Gasteiger charge is -2.19. The van der Waals surface area contributed by atoms with Gasteiger partial charge in [0.15, 0.2) is 0 Å². The molecule has 0 saturated carbocycles. The molecule has 0 aromatic heterocycles. The average Bonchev–Trinajstić information content (AvgIpc) is 2.91. The number of sulfonamides is 1. The van der Waals surface area contributed by atoms with Gasteiger partial charge in [-0.1, -0.05) is 86.1 Å². The van der Waals surface area contributed by atoms with Gasteiger partial charge in [-0.25, -0.2) is 13.8 Å². The van der Waals surface area contributed by atoms with Crippen molar-refractivity contribution in [2.45, 2.75) is 44.7 Å². The van der Waals surface area contributed by atoms with Gasteiger partial charge in [-0.05, 0) is 65.4 Å². The summed E-state index contributed by atoms with van der Waals surface area (Å²) in [4.78, 5) is 13.0. The van der Waals surface area contributed by atoms with E-state index in [4.69, 9.17) is 4.74 Å². The molecule has 39 heavy (non-hydrogen) atoms. The zero-order valence-corrected chi connectivity index (χ0v) is 23.1. The number of ether oxygens (including phenoxy) is 1. The van der Waals surface area contributed by atoms with E-state index in [9.17, 15) is 13.2 Å². The van der Waals surface area contributed by atoms with Gasteiger partial charge in [0.2, 0.25) is 10.0 Å². The van der Waals surface area contributed by atoms with Gasteiger partial charge in [0.05, 0.1) is 11.1 Å². The summed E-state index contributed by atoms with van der Waals surface area (Å²) in [5, 5.41) is 6.38. The first-order valence-electron chi connectivity index (χ1n) is 12.8. The summed E-state index contributed by atoms with van der Waals surface area (Å²) in [5.74, 6) is 0.224. The van der Waals surface area contributed by atoms with Crippen LogP contribution < -0.4 is 14.9 Å². The van der Waals surface area contributed by atoms with Gasteiger partial charge in [0.25, 0.3) is 5.91 Å². The van der Waals surface area contributed by atoms with Gasteiger partial charge in [0.1, 0.15) is 18.4 Å². The van der Waals surface area contributed by atoms with Gasteiger partial charge in [-0.15, -0.1) is 0 Å². The summed E-state index contributed by atoms with van der Waals surface area (Å²) >= 11 is 0. The van der Waals surface area contributed by atoms with Crippen molar-refractivity contribution >= 4 is 32.9 Å². The first kappa shape index (κ1) is 28.0. The molecule has 0 aliphatic heterocycles. The molecule has 0 bridgehead atoms. The van der Waals surface area contributed by atoms with E-state index in [2.05, 4.69) is 33.4 Å². The van der Waals surface area contributed by atoms with Gasteiger partial charge < -0.3 is 4.74 Å². The van der Waals surface area contributed by atoms with Crippen LogP contribution in [-0.4, -0.2) is 26.6 Å². The van der Waals surface area contributed by atoms with E-state index < -0.39 is 22.0 Å². The number of aryl methyl sites for hydroxylation is 1. The summed E-state index contributed by atoms with van der Waals surface area (Å²) in [6, 6.07) is 27.2. The first-order valence-corrected chi connectivity index (χ1v) is 14.3. The number of rotatable bonds is 11. The van der Waals surface area contributed by atoms with Crippen molar-refractivity contribution in [3.8, 4) is 5.75 Å². The molecule has 1 atom stereocenters. The van der Waals surface area contributed by atoms with Crippen LogP contribution in [0.3, 0.4) is 0 Å². The monoisotopic (exact) mass is 543 g/mol. The van der Waals surface area contributed by atoms with E-state index in [-0.39, 0.29) is 10.8 Å². The predicted octanol–water partition coefficient (Wildman–Crippen LogP) is 5.57. The van der Waals surface area contributed by atoms with Crippen LogP contribution in [0.5, 0.6) is 5.75 Å². The highest BCUT2D eigenvalue weighted by Gasteiger charge is 2.26. The molecule has 4 aromatic rings. The van der Waals surface area contributed by atoms with E-state index in [0.29, 0.717) is 18.8 Å². The Labute approximate surface area is 230 Å². The summed E-state index contributed by atoms with van der Waals surface area (Å²) in [6.07, 6.45) is 1.83. The molecule has 202 valence electrons. The number of nitrogens with one attached hydrogen (secondary N) is 2. The Morgan fingerprint density at radius 2 is 1.67 bits per heavy atom. The molecule has 4 rings (SSSR count). The van der Waals surface area contributed by atoms with Crippen LogP contribution in [0.4, 0.5) is 0 Å². The number of hydrogen-bond acceptors (Lipinski definition) is 5. The molecule has 2 N–H and O–H groups in total. The van der Waals surface area contributed by atoms with E-state index in [1.807, 2.05) is 69.3 Å². The topological polar surface area (TPSA) is 96.9 Å². The number of carbonyl (C=O) groups is 1. The maximum Gasteiger partial charge on any atom is 0.258 e. The normalized spacial score (nSPS) is 12.6. The maximum atomic E-state index is 12.9. The zero-order chi connectivity index (χ0) is 27.8. The number of hydrogen-bond donors (Lipinski definition) is 2. The largest absolute Gasteiger partial charge is 0.489 e. The van der Waals surface area contributed by atoms with Crippen molar-refractivity contribution in [3.63, 3.8) is 0 Å². The second kappa shape index (κ2) is 12.7. The molecule has 8 heteroatoms. The van der Waals surface area contributed by atoms with Crippen molar-refractivity contribution in [3.05, 3.63) is 108 Å². The molecule has 4 aromatic carbocycles. The third kappa shape index (κ3) is 7.75. The van der Waals surface area contributed by atoms with Crippen LogP contribution in [-0.2, 0) is 21.4 Å². The molecule has 0 spiro atoms. The van der Waals surface area contributed by atoms with Gasteiger partial charge in [-0.3, -0.25) is 4.79 Å². The minimum Gasteiger partial charge on any atom is -0.489 e. The second-order valence-corrected chi connectivity index (χ2v) is 11.6. The molecule has 7 nitrogen and oxygen atoms in total.